The third-order valence-electron chi connectivity index (χ3n) is 8.36. The molecule has 3 aromatic carbocycles. The van der Waals surface area contributed by atoms with Crippen molar-refractivity contribution in [2.45, 2.75) is 79.7 Å². The van der Waals surface area contributed by atoms with E-state index in [-0.39, 0.29) is 11.1 Å². The van der Waals surface area contributed by atoms with Gasteiger partial charge >= 0.3 is 0 Å². The van der Waals surface area contributed by atoms with Crippen molar-refractivity contribution in [1.82, 2.24) is 9.44 Å². The maximum Gasteiger partial charge on any atom is 0.241 e. The second-order valence-electron chi connectivity index (χ2n) is 12.2. The highest BCUT2D eigenvalue weighted by atomic mass is 32.2. The fourth-order valence-electron chi connectivity index (χ4n) is 5.29. The van der Waals surface area contributed by atoms with E-state index in [0.717, 1.165) is 61.6 Å². The highest BCUT2D eigenvalue weighted by Crippen LogP contribution is 2.38. The van der Waals surface area contributed by atoms with Crippen LogP contribution >= 0.6 is 0 Å². The fourth-order valence-corrected chi connectivity index (χ4v) is 8.32. The second-order valence-corrected chi connectivity index (χ2v) is 15.6. The van der Waals surface area contributed by atoms with Crippen molar-refractivity contribution in [1.29, 1.82) is 0 Å². The first kappa shape index (κ1) is 28.1. The molecule has 0 spiro atoms. The maximum atomic E-state index is 12.5. The van der Waals surface area contributed by atoms with Gasteiger partial charge in [-0.3, -0.25) is 0 Å². The lowest BCUT2D eigenvalue weighted by molar-refractivity contribution is 0.556. The van der Waals surface area contributed by atoms with Crippen molar-refractivity contribution in [3.8, 4) is 0 Å². The van der Waals surface area contributed by atoms with E-state index < -0.39 is 20.0 Å². The van der Waals surface area contributed by atoms with Gasteiger partial charge in [0.1, 0.15) is 0 Å². The number of rotatable bonds is 8. The van der Waals surface area contributed by atoms with E-state index in [1.165, 1.54) is 16.7 Å². The van der Waals surface area contributed by atoms with Crippen molar-refractivity contribution in [2.24, 2.45) is 0 Å². The summed E-state index contributed by atoms with van der Waals surface area (Å²) in [6.07, 6.45) is 12.5. The zero-order valence-corrected chi connectivity index (χ0v) is 25.1. The molecule has 214 valence electrons. The van der Waals surface area contributed by atoms with Crippen molar-refractivity contribution in [3.63, 3.8) is 0 Å². The smallest absolute Gasteiger partial charge is 0.207 e. The van der Waals surface area contributed by atoms with E-state index in [0.29, 0.717) is 9.79 Å². The molecule has 8 heteroatoms. The summed E-state index contributed by atoms with van der Waals surface area (Å²) in [7, 11) is -6.78. The summed E-state index contributed by atoms with van der Waals surface area (Å²) in [6, 6.07) is 21.2. The Balaban J connectivity index is 0.000000156. The molecule has 0 amide bonds. The summed E-state index contributed by atoms with van der Waals surface area (Å²) in [5.74, 6) is 0. The molecule has 4 aliphatic rings. The summed E-state index contributed by atoms with van der Waals surface area (Å²) < 4.78 is 55.0. The van der Waals surface area contributed by atoms with Crippen molar-refractivity contribution in [3.05, 3.63) is 107 Å². The van der Waals surface area contributed by atoms with E-state index in [2.05, 4.69) is 33.7 Å². The summed E-state index contributed by atoms with van der Waals surface area (Å²) in [4.78, 5) is 0.761. The molecule has 0 heterocycles. The van der Waals surface area contributed by atoms with Crippen LogP contribution in [0.3, 0.4) is 0 Å². The van der Waals surface area contributed by atoms with Crippen LogP contribution in [0.5, 0.6) is 0 Å². The van der Waals surface area contributed by atoms with Crippen LogP contribution in [0.15, 0.2) is 88.7 Å². The highest BCUT2D eigenvalue weighted by molar-refractivity contribution is 7.89. The minimum Gasteiger partial charge on any atom is -0.207 e. The SMILES string of the molecule is CC1(NS(=O)(=O)c2ccc3c(c2)CC=C3)CC1.CC1(NS(=O)(=O)c2ccc3c(c2)CC=C3Cc2ccccc2)CC1. The fraction of sp³-hybridized carbons (Fsp3) is 0.333. The Morgan fingerprint density at radius 1 is 0.707 bits per heavy atom. The predicted octanol–water partition coefficient (Wildman–Crippen LogP) is 5.79. The second kappa shape index (κ2) is 10.3. The van der Waals surface area contributed by atoms with Crippen LogP contribution in [0, 0.1) is 0 Å². The van der Waals surface area contributed by atoms with Crippen LogP contribution in [0.1, 0.15) is 67.3 Å². The third kappa shape index (κ3) is 6.41. The third-order valence-corrected chi connectivity index (χ3v) is 11.6. The van der Waals surface area contributed by atoms with E-state index in [1.54, 1.807) is 18.2 Å². The molecule has 3 aromatic rings. The zero-order valence-electron chi connectivity index (χ0n) is 23.5. The average Bonchev–Trinajstić information content (AvgIpc) is 3.70. The Kier molecular flexibility index (Phi) is 7.09. The molecule has 4 aliphatic carbocycles. The Labute approximate surface area is 243 Å². The van der Waals surface area contributed by atoms with Gasteiger partial charge in [-0.2, -0.15) is 0 Å². The molecule has 2 fully saturated rings. The molecule has 41 heavy (non-hydrogen) atoms. The van der Waals surface area contributed by atoms with Gasteiger partial charge in [0, 0.05) is 11.1 Å². The molecule has 0 saturated heterocycles. The number of hydrogen-bond donors (Lipinski definition) is 2. The molecular formula is C33H36N2O4S2. The summed E-state index contributed by atoms with van der Waals surface area (Å²) in [6.45, 7) is 3.90. The average molecular weight is 589 g/mol. The van der Waals surface area contributed by atoms with Crippen LogP contribution in [0.2, 0.25) is 0 Å². The van der Waals surface area contributed by atoms with Gasteiger partial charge in [0.2, 0.25) is 20.0 Å². The first-order valence-corrected chi connectivity index (χ1v) is 17.1. The lowest BCUT2D eigenvalue weighted by Crippen LogP contribution is -2.34. The number of sulfonamides is 2. The molecule has 0 unspecified atom stereocenters. The number of allylic oxidation sites excluding steroid dienone is 3. The van der Waals surface area contributed by atoms with E-state index in [4.69, 9.17) is 0 Å². The molecule has 2 saturated carbocycles. The number of benzene rings is 3. The molecule has 6 nitrogen and oxygen atoms in total. The monoisotopic (exact) mass is 588 g/mol. The summed E-state index contributed by atoms with van der Waals surface area (Å²) in [5, 5.41) is 0. The Hall–Kier alpha value is -3.04. The lowest BCUT2D eigenvalue weighted by atomic mass is 9.99. The zero-order chi connectivity index (χ0) is 28.9. The van der Waals surface area contributed by atoms with E-state index in [9.17, 15) is 16.8 Å². The van der Waals surface area contributed by atoms with Gasteiger partial charge in [-0.1, -0.05) is 60.7 Å². The van der Waals surface area contributed by atoms with Crippen molar-refractivity contribution in [2.75, 3.05) is 0 Å². The van der Waals surface area contributed by atoms with Gasteiger partial charge in [0.15, 0.2) is 0 Å². The van der Waals surface area contributed by atoms with E-state index in [1.807, 2.05) is 56.3 Å². The van der Waals surface area contributed by atoms with Gasteiger partial charge in [-0.25, -0.2) is 26.3 Å². The van der Waals surface area contributed by atoms with Crippen molar-refractivity contribution < 1.29 is 16.8 Å². The number of hydrogen-bond acceptors (Lipinski definition) is 4. The normalized spacial score (nSPS) is 19.0. The van der Waals surface area contributed by atoms with Gasteiger partial charge < -0.3 is 0 Å². The number of nitrogens with one attached hydrogen (secondary N) is 2. The van der Waals surface area contributed by atoms with Crippen LogP contribution < -0.4 is 9.44 Å². The first-order valence-electron chi connectivity index (χ1n) is 14.2. The standard InChI is InChI=1S/C20H21NO2S.C13H15NO2S/c1-20(11-12-20)21-24(22,23)18-9-10-19-16(7-8-17(19)14-18)13-15-5-3-2-4-6-15;1-13(7-8-13)14-17(15,16)12-6-5-10-3-2-4-11(10)9-12/h2-7,9-10,14,21H,8,11-13H2,1H3;2-3,5-6,9,14H,4,7-8H2,1H3. The topological polar surface area (TPSA) is 92.3 Å². The van der Waals surface area contributed by atoms with Crippen LogP contribution in [-0.2, 0) is 39.3 Å². The predicted molar refractivity (Wildman–Crippen MR) is 163 cm³/mol. The van der Waals surface area contributed by atoms with Gasteiger partial charge in [0.25, 0.3) is 0 Å². The van der Waals surface area contributed by atoms with Crippen LogP contribution in [0.4, 0.5) is 0 Å². The highest BCUT2D eigenvalue weighted by Gasteiger charge is 2.42. The van der Waals surface area contributed by atoms with Gasteiger partial charge in [-0.05, 0) is 116 Å². The Bertz CT molecular complexity index is 1770. The minimum atomic E-state index is -3.43. The quantitative estimate of drug-likeness (QED) is 0.349. The van der Waals surface area contributed by atoms with Gasteiger partial charge in [0.05, 0.1) is 9.79 Å². The molecule has 0 aromatic heterocycles. The minimum absolute atomic E-state index is 0.212. The molecule has 0 aliphatic heterocycles. The Morgan fingerprint density at radius 3 is 1.90 bits per heavy atom. The van der Waals surface area contributed by atoms with Gasteiger partial charge in [-0.15, -0.1) is 0 Å². The first-order chi connectivity index (χ1) is 19.4. The molecule has 0 bridgehead atoms. The molecule has 7 rings (SSSR count). The van der Waals surface area contributed by atoms with Crippen molar-refractivity contribution >= 4 is 31.7 Å². The molecule has 2 N–H and O–H groups in total. The Morgan fingerprint density at radius 2 is 1.29 bits per heavy atom. The largest absolute Gasteiger partial charge is 0.241 e. The molecular weight excluding hydrogens is 553 g/mol. The molecule has 0 radical (unpaired) electrons. The van der Waals surface area contributed by atoms with E-state index >= 15 is 0 Å². The lowest BCUT2D eigenvalue weighted by Gasteiger charge is -2.13. The summed E-state index contributed by atoms with van der Waals surface area (Å²) >= 11 is 0. The summed E-state index contributed by atoms with van der Waals surface area (Å²) in [5.41, 5.74) is 6.60. The molecule has 0 atom stereocenters. The van der Waals surface area contributed by atoms with Crippen LogP contribution in [-0.4, -0.2) is 27.9 Å². The number of fused-ring (bicyclic) bond motifs is 2. The van der Waals surface area contributed by atoms with Crippen LogP contribution in [0.25, 0.3) is 11.6 Å². The maximum absolute atomic E-state index is 12.5.